The van der Waals surface area contributed by atoms with Crippen LogP contribution < -0.4 is 10.6 Å². The summed E-state index contributed by atoms with van der Waals surface area (Å²) in [5, 5.41) is 5.86. The number of methoxy groups -OCH3 is 1. The number of carbonyl (C=O) groups is 2. The highest BCUT2D eigenvalue weighted by atomic mass is 16.5. The fraction of sp³-hybridized carbons (Fsp3) is 0.143. The van der Waals surface area contributed by atoms with Gasteiger partial charge in [-0.2, -0.15) is 0 Å². The van der Waals surface area contributed by atoms with Crippen molar-refractivity contribution in [2.75, 3.05) is 17.7 Å². The van der Waals surface area contributed by atoms with Gasteiger partial charge >= 0.3 is 5.97 Å². The lowest BCUT2D eigenvalue weighted by Crippen LogP contribution is -2.15. The van der Waals surface area contributed by atoms with Crippen molar-refractivity contribution in [1.29, 1.82) is 0 Å². The first-order valence-corrected chi connectivity index (χ1v) is 8.63. The number of anilines is 3. The second kappa shape index (κ2) is 8.30. The predicted molar refractivity (Wildman–Crippen MR) is 107 cm³/mol. The molecule has 0 fully saturated rings. The van der Waals surface area contributed by atoms with Crippen LogP contribution in [0.3, 0.4) is 0 Å². The van der Waals surface area contributed by atoms with Crippen LogP contribution in [0.15, 0.2) is 54.7 Å². The van der Waals surface area contributed by atoms with Crippen LogP contribution in [0, 0.1) is 13.8 Å². The minimum atomic E-state index is -0.409. The molecule has 0 bridgehead atoms. The standard InChI is InChI=1S/C21H20N4O3/c1-13-10-14(2)12-17(11-13)23-19(26)18-8-9-22-21(25-18)24-16-6-4-15(5-7-16)20(27)28-3/h4-12H,1-3H3,(H,23,26)(H,22,24,25). The molecule has 7 nitrogen and oxygen atoms in total. The average molecular weight is 376 g/mol. The van der Waals surface area contributed by atoms with Gasteiger partial charge in [0.05, 0.1) is 12.7 Å². The van der Waals surface area contributed by atoms with E-state index in [0.29, 0.717) is 16.9 Å². The highest BCUT2D eigenvalue weighted by Crippen LogP contribution is 2.17. The minimum absolute atomic E-state index is 0.239. The topological polar surface area (TPSA) is 93.2 Å². The van der Waals surface area contributed by atoms with Crippen LogP contribution in [0.4, 0.5) is 17.3 Å². The van der Waals surface area contributed by atoms with Crippen molar-refractivity contribution in [3.63, 3.8) is 0 Å². The third kappa shape index (κ3) is 4.70. The van der Waals surface area contributed by atoms with Gasteiger partial charge in [-0.05, 0) is 67.4 Å². The number of nitrogens with one attached hydrogen (secondary N) is 2. The summed E-state index contributed by atoms with van der Waals surface area (Å²) in [6, 6.07) is 14.0. The number of esters is 1. The Bertz CT molecular complexity index is 996. The van der Waals surface area contributed by atoms with E-state index in [4.69, 9.17) is 0 Å². The molecule has 1 aromatic heterocycles. The first-order chi connectivity index (χ1) is 13.4. The normalized spacial score (nSPS) is 10.2. The van der Waals surface area contributed by atoms with Crippen LogP contribution in [-0.2, 0) is 4.74 Å². The molecule has 2 N–H and O–H groups in total. The molecular formula is C21H20N4O3. The van der Waals surface area contributed by atoms with E-state index in [0.717, 1.165) is 11.1 Å². The number of rotatable bonds is 5. The van der Waals surface area contributed by atoms with Crippen molar-refractivity contribution in [3.8, 4) is 0 Å². The van der Waals surface area contributed by atoms with E-state index in [1.54, 1.807) is 30.3 Å². The molecule has 0 saturated carbocycles. The number of aryl methyl sites for hydroxylation is 2. The number of carbonyl (C=O) groups excluding carboxylic acids is 2. The zero-order valence-electron chi connectivity index (χ0n) is 15.8. The monoisotopic (exact) mass is 376 g/mol. The van der Waals surface area contributed by atoms with E-state index < -0.39 is 5.97 Å². The lowest BCUT2D eigenvalue weighted by Gasteiger charge is -2.09. The fourth-order valence-corrected chi connectivity index (χ4v) is 2.72. The van der Waals surface area contributed by atoms with E-state index >= 15 is 0 Å². The first-order valence-electron chi connectivity index (χ1n) is 8.63. The SMILES string of the molecule is COC(=O)c1ccc(Nc2nccc(C(=O)Nc3cc(C)cc(C)c3)n2)cc1. The predicted octanol–water partition coefficient (Wildman–Crippen LogP) is 3.88. The van der Waals surface area contributed by atoms with Crippen LogP contribution in [-0.4, -0.2) is 29.0 Å². The van der Waals surface area contributed by atoms with E-state index in [-0.39, 0.29) is 17.5 Å². The molecule has 3 rings (SSSR count). The molecule has 2 aromatic carbocycles. The maximum absolute atomic E-state index is 12.5. The summed E-state index contributed by atoms with van der Waals surface area (Å²) in [6.45, 7) is 3.95. The molecule has 0 aliphatic heterocycles. The zero-order chi connectivity index (χ0) is 20.1. The first kappa shape index (κ1) is 19.0. The number of hydrogen-bond acceptors (Lipinski definition) is 6. The summed E-state index contributed by atoms with van der Waals surface area (Å²) in [5.41, 5.74) is 4.21. The van der Waals surface area contributed by atoms with Crippen molar-refractivity contribution in [2.45, 2.75) is 13.8 Å². The third-order valence-corrected chi connectivity index (χ3v) is 3.93. The van der Waals surface area contributed by atoms with E-state index in [1.165, 1.54) is 13.3 Å². The molecule has 0 atom stereocenters. The van der Waals surface area contributed by atoms with Crippen molar-refractivity contribution in [1.82, 2.24) is 9.97 Å². The van der Waals surface area contributed by atoms with Crippen molar-refractivity contribution < 1.29 is 14.3 Å². The summed E-state index contributed by atoms with van der Waals surface area (Å²) < 4.78 is 4.67. The summed E-state index contributed by atoms with van der Waals surface area (Å²) >= 11 is 0. The molecule has 0 unspecified atom stereocenters. The second-order valence-corrected chi connectivity index (χ2v) is 6.29. The molecule has 1 amide bonds. The van der Waals surface area contributed by atoms with E-state index in [1.807, 2.05) is 32.0 Å². The molecule has 3 aromatic rings. The molecule has 0 spiro atoms. The second-order valence-electron chi connectivity index (χ2n) is 6.29. The van der Waals surface area contributed by atoms with Gasteiger partial charge in [0.15, 0.2) is 0 Å². The molecule has 0 saturated heterocycles. The summed E-state index contributed by atoms with van der Waals surface area (Å²) in [6.07, 6.45) is 1.51. The number of hydrogen-bond donors (Lipinski definition) is 2. The number of aromatic nitrogens is 2. The van der Waals surface area contributed by atoms with Crippen LogP contribution >= 0.6 is 0 Å². The van der Waals surface area contributed by atoms with Crippen molar-refractivity contribution in [3.05, 3.63) is 77.1 Å². The highest BCUT2D eigenvalue weighted by Gasteiger charge is 2.11. The molecule has 28 heavy (non-hydrogen) atoms. The van der Waals surface area contributed by atoms with Gasteiger partial charge in [-0.15, -0.1) is 0 Å². The minimum Gasteiger partial charge on any atom is -0.465 e. The largest absolute Gasteiger partial charge is 0.465 e. The molecular weight excluding hydrogens is 356 g/mol. The maximum Gasteiger partial charge on any atom is 0.337 e. The van der Waals surface area contributed by atoms with Crippen molar-refractivity contribution in [2.24, 2.45) is 0 Å². The highest BCUT2D eigenvalue weighted by molar-refractivity contribution is 6.03. The Kier molecular flexibility index (Phi) is 5.64. The molecule has 0 radical (unpaired) electrons. The van der Waals surface area contributed by atoms with Gasteiger partial charge < -0.3 is 15.4 Å². The Balaban J connectivity index is 1.72. The zero-order valence-corrected chi connectivity index (χ0v) is 15.8. The molecule has 0 aliphatic rings. The van der Waals surface area contributed by atoms with Crippen LogP contribution in [0.1, 0.15) is 32.0 Å². The van der Waals surface area contributed by atoms with Gasteiger partial charge in [-0.1, -0.05) is 6.07 Å². The van der Waals surface area contributed by atoms with E-state index in [9.17, 15) is 9.59 Å². The van der Waals surface area contributed by atoms with Crippen LogP contribution in [0.5, 0.6) is 0 Å². The Hall–Kier alpha value is -3.74. The quantitative estimate of drug-likeness (QED) is 0.657. The number of ether oxygens (including phenoxy) is 1. The average Bonchev–Trinajstić information content (AvgIpc) is 2.67. The Morgan fingerprint density at radius 2 is 1.61 bits per heavy atom. The third-order valence-electron chi connectivity index (χ3n) is 3.93. The smallest absolute Gasteiger partial charge is 0.337 e. The summed E-state index contributed by atoms with van der Waals surface area (Å²) in [5.74, 6) is -0.455. The summed E-state index contributed by atoms with van der Waals surface area (Å²) in [4.78, 5) is 32.4. The molecule has 7 heteroatoms. The van der Waals surface area contributed by atoms with Gasteiger partial charge in [-0.3, -0.25) is 4.79 Å². The van der Waals surface area contributed by atoms with Gasteiger partial charge in [0, 0.05) is 17.6 Å². The summed E-state index contributed by atoms with van der Waals surface area (Å²) in [7, 11) is 1.33. The fourth-order valence-electron chi connectivity index (χ4n) is 2.72. The van der Waals surface area contributed by atoms with Gasteiger partial charge in [0.2, 0.25) is 5.95 Å². The Morgan fingerprint density at radius 1 is 0.929 bits per heavy atom. The molecule has 0 aliphatic carbocycles. The lowest BCUT2D eigenvalue weighted by molar-refractivity contribution is 0.0600. The van der Waals surface area contributed by atoms with Crippen LogP contribution in [0.25, 0.3) is 0 Å². The number of amides is 1. The molecule has 1 heterocycles. The van der Waals surface area contributed by atoms with Crippen LogP contribution in [0.2, 0.25) is 0 Å². The van der Waals surface area contributed by atoms with Gasteiger partial charge in [0.1, 0.15) is 5.69 Å². The van der Waals surface area contributed by atoms with Crippen molar-refractivity contribution >= 4 is 29.2 Å². The Labute approximate surface area is 162 Å². The number of nitrogens with zero attached hydrogens (tertiary/aromatic N) is 2. The molecule has 142 valence electrons. The number of benzene rings is 2. The van der Waals surface area contributed by atoms with E-state index in [2.05, 4.69) is 25.3 Å². The maximum atomic E-state index is 12.5. The van der Waals surface area contributed by atoms with Gasteiger partial charge in [0.25, 0.3) is 5.91 Å². The van der Waals surface area contributed by atoms with Gasteiger partial charge in [-0.25, -0.2) is 14.8 Å². The lowest BCUT2D eigenvalue weighted by atomic mass is 10.1. The Morgan fingerprint density at radius 3 is 2.25 bits per heavy atom.